The number of aromatic nitrogens is 1. The number of thioether (sulfide) groups is 1. The van der Waals surface area contributed by atoms with Gasteiger partial charge in [-0.15, -0.1) is 0 Å². The highest BCUT2D eigenvalue weighted by molar-refractivity contribution is 7.99. The van der Waals surface area contributed by atoms with Crippen LogP contribution in [-0.2, 0) is 4.79 Å². The molecule has 1 aromatic heterocycles. The summed E-state index contributed by atoms with van der Waals surface area (Å²) in [5, 5.41) is 21.2. The molecule has 0 saturated heterocycles. The summed E-state index contributed by atoms with van der Waals surface area (Å²) in [6.45, 7) is 0. The van der Waals surface area contributed by atoms with Crippen molar-refractivity contribution in [3.8, 4) is 17.9 Å². The van der Waals surface area contributed by atoms with Gasteiger partial charge in [0.1, 0.15) is 29.0 Å². The quantitative estimate of drug-likeness (QED) is 0.796. The van der Waals surface area contributed by atoms with E-state index in [0.29, 0.717) is 16.5 Å². The Morgan fingerprint density at radius 2 is 2.04 bits per heavy atom. The number of H-pyrrole nitrogens is 1. The third-order valence-electron chi connectivity index (χ3n) is 3.04. The van der Waals surface area contributed by atoms with E-state index in [1.165, 1.54) is 13.2 Å². The largest absolute Gasteiger partial charge is 0.495 e. The standard InChI is InChI=1S/C16H13N5O2S/c1-23-13-5-3-2-4-12(13)20-14(22)9-24-16-11(8-18)6-10(7-17)15(19)21-16/h2-6H,9H2,1H3,(H2,19,21)(H,20,22)/p+1. The van der Waals surface area contributed by atoms with Gasteiger partial charge in [-0.05, 0) is 18.2 Å². The number of para-hydroxylation sites is 2. The molecular formula is C16H14N5O2S+. The highest BCUT2D eigenvalue weighted by atomic mass is 32.2. The Kier molecular flexibility index (Phi) is 5.61. The van der Waals surface area contributed by atoms with E-state index >= 15 is 0 Å². The molecule has 0 fully saturated rings. The minimum absolute atomic E-state index is 0.0641. The Balaban J connectivity index is 2.08. The van der Waals surface area contributed by atoms with Crippen molar-refractivity contribution in [2.24, 2.45) is 0 Å². The van der Waals surface area contributed by atoms with Gasteiger partial charge in [0.25, 0.3) is 5.82 Å². The van der Waals surface area contributed by atoms with E-state index in [2.05, 4.69) is 10.3 Å². The van der Waals surface area contributed by atoms with Crippen molar-refractivity contribution < 1.29 is 14.5 Å². The van der Waals surface area contributed by atoms with Crippen LogP contribution in [-0.4, -0.2) is 18.8 Å². The van der Waals surface area contributed by atoms with Crippen LogP contribution in [0.1, 0.15) is 11.1 Å². The number of ether oxygens (including phenoxy) is 1. The number of methoxy groups -OCH3 is 1. The molecule has 1 amide bonds. The average Bonchev–Trinajstić information content (AvgIpc) is 2.60. The number of nitrogens with one attached hydrogen (secondary N) is 2. The van der Waals surface area contributed by atoms with Crippen LogP contribution in [0.15, 0.2) is 35.4 Å². The van der Waals surface area contributed by atoms with Gasteiger partial charge in [-0.1, -0.05) is 23.9 Å². The lowest BCUT2D eigenvalue weighted by atomic mass is 10.2. The molecule has 0 unspecified atom stereocenters. The monoisotopic (exact) mass is 340 g/mol. The van der Waals surface area contributed by atoms with Gasteiger partial charge in [0.05, 0.1) is 18.6 Å². The van der Waals surface area contributed by atoms with Crippen LogP contribution >= 0.6 is 11.8 Å². The topological polar surface area (TPSA) is 126 Å². The van der Waals surface area contributed by atoms with Gasteiger partial charge in [0, 0.05) is 0 Å². The maximum Gasteiger partial charge on any atom is 0.289 e. The number of carbonyl (C=O) groups is 1. The molecule has 0 spiro atoms. The number of anilines is 2. The van der Waals surface area contributed by atoms with Crippen molar-refractivity contribution in [2.45, 2.75) is 5.03 Å². The Labute approximate surface area is 143 Å². The van der Waals surface area contributed by atoms with Gasteiger partial charge in [-0.25, -0.2) is 4.98 Å². The van der Waals surface area contributed by atoms with Crippen molar-refractivity contribution in [1.29, 1.82) is 10.5 Å². The van der Waals surface area contributed by atoms with Crippen LogP contribution < -0.4 is 20.8 Å². The van der Waals surface area contributed by atoms with Gasteiger partial charge in [0.2, 0.25) is 5.91 Å². The smallest absolute Gasteiger partial charge is 0.289 e. The normalized spacial score (nSPS) is 9.62. The molecule has 2 rings (SSSR count). The van der Waals surface area contributed by atoms with E-state index < -0.39 is 0 Å². The lowest BCUT2D eigenvalue weighted by Gasteiger charge is -2.09. The Morgan fingerprint density at radius 1 is 1.33 bits per heavy atom. The van der Waals surface area contributed by atoms with Gasteiger partial charge in [-0.2, -0.15) is 10.5 Å². The molecular weight excluding hydrogens is 326 g/mol. The van der Waals surface area contributed by atoms with E-state index in [4.69, 9.17) is 21.0 Å². The third-order valence-corrected chi connectivity index (χ3v) is 4.06. The molecule has 7 nitrogen and oxygen atoms in total. The maximum atomic E-state index is 12.1. The fraction of sp³-hybridized carbons (Fsp3) is 0.125. The van der Waals surface area contributed by atoms with Crippen molar-refractivity contribution in [1.82, 2.24) is 0 Å². The first-order valence-corrected chi connectivity index (χ1v) is 7.79. The minimum Gasteiger partial charge on any atom is -0.495 e. The number of benzene rings is 1. The third kappa shape index (κ3) is 3.94. The van der Waals surface area contributed by atoms with Gasteiger partial charge in [-0.3, -0.25) is 10.5 Å². The second-order valence-electron chi connectivity index (χ2n) is 4.60. The fourth-order valence-electron chi connectivity index (χ4n) is 1.91. The predicted octanol–water partition coefficient (Wildman–Crippen LogP) is 1.57. The Morgan fingerprint density at radius 3 is 2.71 bits per heavy atom. The number of hydrogen-bond donors (Lipinski definition) is 2. The number of amides is 1. The molecule has 2 aromatic rings. The Hall–Kier alpha value is -3.23. The Bertz CT molecular complexity index is 855. The van der Waals surface area contributed by atoms with Crippen LogP contribution in [0.25, 0.3) is 0 Å². The predicted molar refractivity (Wildman–Crippen MR) is 89.2 cm³/mol. The van der Waals surface area contributed by atoms with E-state index in [0.717, 1.165) is 11.8 Å². The first-order valence-electron chi connectivity index (χ1n) is 6.80. The zero-order valence-corrected chi connectivity index (χ0v) is 13.6. The SMILES string of the molecule is COc1ccccc1NC(=O)CSc1[nH+]c(N)c(C#N)cc1C#N. The molecule has 4 N–H and O–H groups in total. The van der Waals surface area contributed by atoms with Gasteiger partial charge >= 0.3 is 0 Å². The summed E-state index contributed by atoms with van der Waals surface area (Å²) in [6.07, 6.45) is 0. The number of carbonyl (C=O) groups excluding carboxylic acids is 1. The van der Waals surface area contributed by atoms with Gasteiger partial charge < -0.3 is 10.1 Å². The number of nitrogens with zero attached hydrogens (tertiary/aromatic N) is 2. The summed E-state index contributed by atoms with van der Waals surface area (Å²) < 4.78 is 5.17. The number of aromatic amines is 1. The number of pyridine rings is 1. The van der Waals surface area contributed by atoms with Crippen molar-refractivity contribution in [3.05, 3.63) is 41.5 Å². The van der Waals surface area contributed by atoms with Crippen LogP contribution in [0.5, 0.6) is 5.75 Å². The summed E-state index contributed by atoms with van der Waals surface area (Å²) in [5.41, 5.74) is 6.72. The van der Waals surface area contributed by atoms with Crippen LogP contribution in [0, 0.1) is 22.7 Å². The van der Waals surface area contributed by atoms with Crippen molar-refractivity contribution in [3.63, 3.8) is 0 Å². The first-order chi connectivity index (χ1) is 11.6. The lowest BCUT2D eigenvalue weighted by Crippen LogP contribution is -2.19. The molecule has 120 valence electrons. The summed E-state index contributed by atoms with van der Waals surface area (Å²) in [7, 11) is 1.52. The maximum absolute atomic E-state index is 12.1. The van der Waals surface area contributed by atoms with Gasteiger partial charge in [0.15, 0.2) is 5.03 Å². The summed E-state index contributed by atoms with van der Waals surface area (Å²) in [4.78, 5) is 14.9. The van der Waals surface area contributed by atoms with E-state index in [1.54, 1.807) is 24.3 Å². The molecule has 8 heteroatoms. The molecule has 0 atom stereocenters. The van der Waals surface area contributed by atoms with E-state index in [-0.39, 0.29) is 28.6 Å². The number of nitrogens with two attached hydrogens (primary N) is 1. The molecule has 24 heavy (non-hydrogen) atoms. The van der Waals surface area contributed by atoms with Crippen molar-refractivity contribution in [2.75, 3.05) is 23.9 Å². The molecule has 0 saturated carbocycles. The van der Waals surface area contributed by atoms with E-state index in [9.17, 15) is 4.79 Å². The molecule has 0 radical (unpaired) electrons. The average molecular weight is 340 g/mol. The zero-order valence-electron chi connectivity index (χ0n) is 12.8. The number of nitriles is 2. The summed E-state index contributed by atoms with van der Waals surface area (Å²) in [5.74, 6) is 0.519. The summed E-state index contributed by atoms with van der Waals surface area (Å²) >= 11 is 1.13. The number of nitrogen functional groups attached to an aromatic ring is 1. The van der Waals surface area contributed by atoms with Crippen LogP contribution in [0.3, 0.4) is 0 Å². The second kappa shape index (κ2) is 7.86. The highest BCUT2D eigenvalue weighted by Crippen LogP contribution is 2.24. The lowest BCUT2D eigenvalue weighted by molar-refractivity contribution is -0.410. The fourth-order valence-corrected chi connectivity index (χ4v) is 2.70. The summed E-state index contributed by atoms with van der Waals surface area (Å²) in [6, 6.07) is 12.3. The van der Waals surface area contributed by atoms with E-state index in [1.807, 2.05) is 12.1 Å². The zero-order chi connectivity index (χ0) is 17.5. The number of rotatable bonds is 5. The molecule has 0 aliphatic carbocycles. The van der Waals surface area contributed by atoms with Crippen LogP contribution in [0.4, 0.5) is 11.5 Å². The molecule has 0 aliphatic heterocycles. The molecule has 1 aromatic carbocycles. The molecule has 1 heterocycles. The van der Waals surface area contributed by atoms with Crippen LogP contribution in [0.2, 0.25) is 0 Å². The number of hydrogen-bond acceptors (Lipinski definition) is 6. The second-order valence-corrected chi connectivity index (χ2v) is 5.59. The minimum atomic E-state index is -0.260. The molecule has 0 bridgehead atoms. The van der Waals surface area contributed by atoms with Crippen molar-refractivity contribution >= 4 is 29.2 Å². The first kappa shape index (κ1) is 17.1. The highest BCUT2D eigenvalue weighted by Gasteiger charge is 2.16. The molecule has 0 aliphatic rings.